The monoisotopic (exact) mass is 315 g/mol. The Balaban J connectivity index is 1.53. The van der Waals surface area contributed by atoms with Crippen LogP contribution < -0.4 is 20.1 Å². The van der Waals surface area contributed by atoms with E-state index in [9.17, 15) is 0 Å². The van der Waals surface area contributed by atoms with E-state index in [-0.39, 0.29) is 6.79 Å². The number of rotatable bonds is 8. The van der Waals surface area contributed by atoms with Gasteiger partial charge in [-0.3, -0.25) is 0 Å². The second-order valence-electron chi connectivity index (χ2n) is 5.34. The first-order valence-corrected chi connectivity index (χ1v) is 7.91. The third-order valence-electron chi connectivity index (χ3n) is 3.53. The largest absolute Gasteiger partial charge is 0.454 e. The fraction of sp³-hybridized carbons (Fsp3) is 0.438. The summed E-state index contributed by atoms with van der Waals surface area (Å²) in [7, 11) is 0. The first-order valence-electron chi connectivity index (χ1n) is 7.91. The fourth-order valence-corrected chi connectivity index (χ4v) is 2.28. The maximum atomic E-state index is 5.38. The molecule has 2 aromatic rings. The van der Waals surface area contributed by atoms with Crippen molar-refractivity contribution in [1.29, 1.82) is 0 Å². The molecule has 0 amide bonds. The SMILES string of the molecule is CCCCCNc1nncc(NCc2ccc3c(c2)OCO3)n1. The van der Waals surface area contributed by atoms with E-state index in [2.05, 4.69) is 32.7 Å². The molecule has 0 radical (unpaired) electrons. The lowest BCUT2D eigenvalue weighted by atomic mass is 10.2. The zero-order valence-electron chi connectivity index (χ0n) is 13.2. The van der Waals surface area contributed by atoms with Crippen molar-refractivity contribution in [2.75, 3.05) is 24.0 Å². The van der Waals surface area contributed by atoms with Crippen LogP contribution in [-0.4, -0.2) is 28.5 Å². The van der Waals surface area contributed by atoms with Crippen LogP contribution in [-0.2, 0) is 6.54 Å². The zero-order valence-corrected chi connectivity index (χ0v) is 13.2. The first kappa shape index (κ1) is 15.3. The van der Waals surface area contributed by atoms with Crippen LogP contribution in [0.4, 0.5) is 11.8 Å². The number of ether oxygens (including phenoxy) is 2. The number of aromatic nitrogens is 3. The van der Waals surface area contributed by atoms with E-state index >= 15 is 0 Å². The highest BCUT2D eigenvalue weighted by molar-refractivity contribution is 5.46. The number of nitrogens with one attached hydrogen (secondary N) is 2. The molecule has 0 atom stereocenters. The molecule has 7 nitrogen and oxygen atoms in total. The minimum absolute atomic E-state index is 0.287. The van der Waals surface area contributed by atoms with E-state index in [0.717, 1.165) is 30.0 Å². The lowest BCUT2D eigenvalue weighted by Crippen LogP contribution is -2.09. The predicted octanol–water partition coefficient (Wildman–Crippen LogP) is 2.81. The summed E-state index contributed by atoms with van der Waals surface area (Å²) in [5, 5.41) is 14.4. The Hall–Kier alpha value is -2.57. The minimum Gasteiger partial charge on any atom is -0.454 e. The molecule has 1 aromatic carbocycles. The van der Waals surface area contributed by atoms with Gasteiger partial charge in [0, 0.05) is 13.1 Å². The Kier molecular flexibility index (Phi) is 5.08. The summed E-state index contributed by atoms with van der Waals surface area (Å²) in [6.45, 7) is 3.96. The van der Waals surface area contributed by atoms with Crippen LogP contribution in [0, 0.1) is 0 Å². The Morgan fingerprint density at radius 1 is 1.13 bits per heavy atom. The van der Waals surface area contributed by atoms with Gasteiger partial charge in [0.2, 0.25) is 12.7 Å². The lowest BCUT2D eigenvalue weighted by Gasteiger charge is -2.08. The van der Waals surface area contributed by atoms with Crippen molar-refractivity contribution in [3.8, 4) is 11.5 Å². The molecule has 23 heavy (non-hydrogen) atoms. The van der Waals surface area contributed by atoms with E-state index in [1.165, 1.54) is 12.8 Å². The Morgan fingerprint density at radius 2 is 2.04 bits per heavy atom. The molecule has 0 fully saturated rings. The van der Waals surface area contributed by atoms with Crippen molar-refractivity contribution < 1.29 is 9.47 Å². The third kappa shape index (κ3) is 4.21. The average molecular weight is 315 g/mol. The molecule has 0 unspecified atom stereocenters. The minimum atomic E-state index is 0.287. The molecule has 0 saturated heterocycles. The molecule has 2 N–H and O–H groups in total. The number of fused-ring (bicyclic) bond motifs is 1. The summed E-state index contributed by atoms with van der Waals surface area (Å²) in [6, 6.07) is 5.88. The fourth-order valence-electron chi connectivity index (χ4n) is 2.28. The van der Waals surface area contributed by atoms with Crippen LogP contribution >= 0.6 is 0 Å². The second-order valence-corrected chi connectivity index (χ2v) is 5.34. The number of hydrogen-bond donors (Lipinski definition) is 2. The van der Waals surface area contributed by atoms with E-state index in [4.69, 9.17) is 9.47 Å². The maximum absolute atomic E-state index is 5.38. The maximum Gasteiger partial charge on any atom is 0.244 e. The van der Waals surface area contributed by atoms with Gasteiger partial charge in [0.15, 0.2) is 17.3 Å². The van der Waals surface area contributed by atoms with Crippen LogP contribution in [0.1, 0.15) is 31.7 Å². The quantitative estimate of drug-likeness (QED) is 0.725. The van der Waals surface area contributed by atoms with Gasteiger partial charge in [-0.15, -0.1) is 5.10 Å². The van der Waals surface area contributed by atoms with Crippen LogP contribution in [0.5, 0.6) is 11.5 Å². The highest BCUT2D eigenvalue weighted by Gasteiger charge is 2.13. The van der Waals surface area contributed by atoms with Crippen molar-refractivity contribution in [3.05, 3.63) is 30.0 Å². The molecular formula is C16H21N5O2. The Morgan fingerprint density at radius 3 is 2.96 bits per heavy atom. The molecule has 7 heteroatoms. The van der Waals surface area contributed by atoms with Crippen LogP contribution in [0.25, 0.3) is 0 Å². The molecule has 1 aliphatic heterocycles. The van der Waals surface area contributed by atoms with Crippen molar-refractivity contribution in [2.24, 2.45) is 0 Å². The van der Waals surface area contributed by atoms with Gasteiger partial charge in [0.05, 0.1) is 6.20 Å². The normalized spacial score (nSPS) is 12.2. The molecule has 0 bridgehead atoms. The molecule has 0 saturated carbocycles. The molecule has 1 aromatic heterocycles. The number of anilines is 2. The zero-order chi connectivity index (χ0) is 15.9. The van der Waals surface area contributed by atoms with E-state index in [0.29, 0.717) is 18.3 Å². The average Bonchev–Trinajstić information content (AvgIpc) is 3.05. The highest BCUT2D eigenvalue weighted by atomic mass is 16.7. The van der Waals surface area contributed by atoms with Crippen LogP contribution in [0.3, 0.4) is 0 Å². The van der Waals surface area contributed by atoms with Gasteiger partial charge in [0.1, 0.15) is 0 Å². The third-order valence-corrected chi connectivity index (χ3v) is 3.53. The molecule has 1 aliphatic rings. The summed E-state index contributed by atoms with van der Waals surface area (Å²) < 4.78 is 10.7. The van der Waals surface area contributed by atoms with Gasteiger partial charge in [0.25, 0.3) is 0 Å². The number of nitrogens with zero attached hydrogens (tertiary/aromatic N) is 3. The highest BCUT2D eigenvalue weighted by Crippen LogP contribution is 2.32. The van der Waals surface area contributed by atoms with Gasteiger partial charge >= 0.3 is 0 Å². The van der Waals surface area contributed by atoms with Gasteiger partial charge in [-0.25, -0.2) is 0 Å². The topological polar surface area (TPSA) is 81.2 Å². The number of hydrogen-bond acceptors (Lipinski definition) is 7. The van der Waals surface area contributed by atoms with Crippen molar-refractivity contribution in [3.63, 3.8) is 0 Å². The molecule has 0 spiro atoms. The van der Waals surface area contributed by atoms with Gasteiger partial charge in [-0.05, 0) is 24.1 Å². The van der Waals surface area contributed by atoms with Crippen molar-refractivity contribution >= 4 is 11.8 Å². The van der Waals surface area contributed by atoms with Crippen LogP contribution in [0.15, 0.2) is 24.4 Å². The van der Waals surface area contributed by atoms with Gasteiger partial charge < -0.3 is 20.1 Å². The summed E-state index contributed by atoms with van der Waals surface area (Å²) in [6.07, 6.45) is 5.11. The summed E-state index contributed by atoms with van der Waals surface area (Å²) in [5.41, 5.74) is 1.09. The van der Waals surface area contributed by atoms with Crippen molar-refractivity contribution in [1.82, 2.24) is 15.2 Å². The smallest absolute Gasteiger partial charge is 0.244 e. The standard InChI is InChI=1S/C16H21N5O2/c1-2-3-4-7-17-16-20-15(10-19-21-16)18-9-12-5-6-13-14(8-12)23-11-22-13/h5-6,8,10H,2-4,7,9,11H2,1H3,(H2,17,18,20,21). The molecular weight excluding hydrogens is 294 g/mol. The van der Waals surface area contributed by atoms with E-state index in [1.54, 1.807) is 6.20 Å². The molecule has 122 valence electrons. The second kappa shape index (κ2) is 7.62. The summed E-state index contributed by atoms with van der Waals surface area (Å²) in [5.74, 6) is 2.81. The van der Waals surface area contributed by atoms with E-state index in [1.807, 2.05) is 18.2 Å². The molecule has 0 aliphatic carbocycles. The van der Waals surface area contributed by atoms with Crippen LogP contribution in [0.2, 0.25) is 0 Å². The van der Waals surface area contributed by atoms with Gasteiger partial charge in [-0.2, -0.15) is 10.1 Å². The first-order chi connectivity index (χ1) is 11.3. The lowest BCUT2D eigenvalue weighted by molar-refractivity contribution is 0.174. The summed E-state index contributed by atoms with van der Waals surface area (Å²) >= 11 is 0. The summed E-state index contributed by atoms with van der Waals surface area (Å²) in [4.78, 5) is 4.41. The van der Waals surface area contributed by atoms with Gasteiger partial charge in [-0.1, -0.05) is 25.8 Å². The number of unbranched alkanes of at least 4 members (excludes halogenated alkanes) is 2. The Bertz CT molecular complexity index is 650. The predicted molar refractivity (Wildman–Crippen MR) is 87.7 cm³/mol. The number of benzene rings is 1. The molecule has 2 heterocycles. The molecule has 3 rings (SSSR count). The van der Waals surface area contributed by atoms with Crippen molar-refractivity contribution in [2.45, 2.75) is 32.7 Å². The Labute approximate surface area is 135 Å². The van der Waals surface area contributed by atoms with E-state index < -0.39 is 0 Å².